The Kier molecular flexibility index (Phi) is 5.36. The zero-order chi connectivity index (χ0) is 16.4. The van der Waals surface area contributed by atoms with Crippen molar-refractivity contribution in [3.05, 3.63) is 54.4 Å². The monoisotopic (exact) mass is 356 g/mol. The van der Waals surface area contributed by atoms with Crippen LogP contribution in [-0.4, -0.2) is 36.3 Å². The van der Waals surface area contributed by atoms with E-state index in [0.717, 1.165) is 48.7 Å². The van der Waals surface area contributed by atoms with E-state index in [9.17, 15) is 0 Å². The molecular formula is C19H21ClN4O. The van der Waals surface area contributed by atoms with Crippen molar-refractivity contribution in [1.29, 1.82) is 0 Å². The summed E-state index contributed by atoms with van der Waals surface area (Å²) in [7, 11) is 0. The molecule has 130 valence electrons. The highest BCUT2D eigenvalue weighted by Crippen LogP contribution is 2.28. The number of nitrogens with one attached hydrogen (secondary N) is 1. The van der Waals surface area contributed by atoms with E-state index in [-0.39, 0.29) is 12.4 Å². The Bertz CT molecular complexity index is 865. The highest BCUT2D eigenvalue weighted by molar-refractivity contribution is 5.93. The fraction of sp³-hybridized carbons (Fsp3) is 0.263. The van der Waals surface area contributed by atoms with Crippen molar-refractivity contribution in [2.45, 2.75) is 6.92 Å². The number of nitrogens with zero attached hydrogens (tertiary/aromatic N) is 3. The molecule has 1 aliphatic heterocycles. The van der Waals surface area contributed by atoms with Crippen molar-refractivity contribution in [2.24, 2.45) is 0 Å². The molecule has 0 bridgehead atoms. The molecule has 0 spiro atoms. The molecule has 0 amide bonds. The largest absolute Gasteiger partial charge is 0.378 e. The number of rotatable bonds is 3. The van der Waals surface area contributed by atoms with E-state index < -0.39 is 0 Å². The van der Waals surface area contributed by atoms with Crippen LogP contribution in [0.4, 0.5) is 17.2 Å². The summed E-state index contributed by atoms with van der Waals surface area (Å²) in [6.07, 6.45) is 1.61. The lowest BCUT2D eigenvalue weighted by molar-refractivity contribution is 0.122. The minimum Gasteiger partial charge on any atom is -0.378 e. The molecule has 2 aromatic carbocycles. The number of aromatic nitrogens is 2. The number of anilines is 3. The van der Waals surface area contributed by atoms with Gasteiger partial charge in [-0.2, -0.15) is 0 Å². The zero-order valence-electron chi connectivity index (χ0n) is 14.1. The van der Waals surface area contributed by atoms with Crippen LogP contribution in [0, 0.1) is 6.92 Å². The molecule has 0 saturated carbocycles. The Morgan fingerprint density at radius 2 is 1.88 bits per heavy atom. The Hall–Kier alpha value is -2.37. The molecule has 0 unspecified atom stereocenters. The SMILES string of the molecule is Cc1cccc(Nc2ncnc3ccc(N4CCOCC4)cc23)c1.Cl. The highest BCUT2D eigenvalue weighted by atomic mass is 35.5. The first-order valence-electron chi connectivity index (χ1n) is 8.21. The van der Waals surface area contributed by atoms with E-state index in [1.54, 1.807) is 6.33 Å². The highest BCUT2D eigenvalue weighted by Gasteiger charge is 2.13. The van der Waals surface area contributed by atoms with Crippen molar-refractivity contribution in [2.75, 3.05) is 36.5 Å². The van der Waals surface area contributed by atoms with Crippen LogP contribution in [0.2, 0.25) is 0 Å². The lowest BCUT2D eigenvalue weighted by Gasteiger charge is -2.29. The molecule has 3 aromatic rings. The Morgan fingerprint density at radius 1 is 1.04 bits per heavy atom. The third-order valence-corrected chi connectivity index (χ3v) is 4.28. The van der Waals surface area contributed by atoms with Gasteiger partial charge in [0.1, 0.15) is 12.1 Å². The van der Waals surface area contributed by atoms with Gasteiger partial charge in [0.25, 0.3) is 0 Å². The molecule has 0 aliphatic carbocycles. The number of hydrogen-bond acceptors (Lipinski definition) is 5. The van der Waals surface area contributed by atoms with Crippen LogP contribution >= 0.6 is 12.4 Å². The number of hydrogen-bond donors (Lipinski definition) is 1. The molecule has 1 fully saturated rings. The van der Waals surface area contributed by atoms with Crippen LogP contribution in [-0.2, 0) is 4.74 Å². The summed E-state index contributed by atoms with van der Waals surface area (Å²) in [5.41, 5.74) is 4.38. The van der Waals surface area contributed by atoms with Crippen molar-refractivity contribution >= 4 is 40.5 Å². The van der Waals surface area contributed by atoms with Gasteiger partial charge in [-0.25, -0.2) is 9.97 Å². The van der Waals surface area contributed by atoms with Gasteiger partial charge >= 0.3 is 0 Å². The van der Waals surface area contributed by atoms with E-state index in [1.165, 1.54) is 11.3 Å². The summed E-state index contributed by atoms with van der Waals surface area (Å²) >= 11 is 0. The predicted molar refractivity (Wildman–Crippen MR) is 104 cm³/mol. The average molecular weight is 357 g/mol. The number of ether oxygens (including phenoxy) is 1. The van der Waals surface area contributed by atoms with E-state index in [1.807, 2.05) is 12.1 Å². The van der Waals surface area contributed by atoms with Crippen molar-refractivity contribution in [3.63, 3.8) is 0 Å². The lowest BCUT2D eigenvalue weighted by Crippen LogP contribution is -2.36. The van der Waals surface area contributed by atoms with E-state index in [4.69, 9.17) is 4.74 Å². The van der Waals surface area contributed by atoms with E-state index in [0.29, 0.717) is 0 Å². The Labute approximate surface area is 153 Å². The molecule has 1 aliphatic rings. The van der Waals surface area contributed by atoms with Crippen LogP contribution in [0.25, 0.3) is 10.9 Å². The zero-order valence-corrected chi connectivity index (χ0v) is 14.9. The average Bonchev–Trinajstić information content (AvgIpc) is 2.62. The van der Waals surface area contributed by atoms with Gasteiger partial charge in [0.05, 0.1) is 18.7 Å². The smallest absolute Gasteiger partial charge is 0.141 e. The first-order chi connectivity index (χ1) is 11.8. The molecule has 1 saturated heterocycles. The van der Waals surface area contributed by atoms with Gasteiger partial charge in [-0.1, -0.05) is 12.1 Å². The Morgan fingerprint density at radius 3 is 2.68 bits per heavy atom. The maximum absolute atomic E-state index is 5.44. The fourth-order valence-electron chi connectivity index (χ4n) is 3.02. The van der Waals surface area contributed by atoms with Crippen molar-refractivity contribution in [1.82, 2.24) is 9.97 Å². The number of aryl methyl sites for hydroxylation is 1. The predicted octanol–water partition coefficient (Wildman–Crippen LogP) is 3.94. The molecule has 1 N–H and O–H groups in total. The van der Waals surface area contributed by atoms with Crippen molar-refractivity contribution in [3.8, 4) is 0 Å². The molecule has 1 aromatic heterocycles. The van der Waals surface area contributed by atoms with Gasteiger partial charge in [0.2, 0.25) is 0 Å². The second kappa shape index (κ2) is 7.68. The number of halogens is 1. The molecule has 0 atom stereocenters. The van der Waals surface area contributed by atoms with Gasteiger partial charge in [-0.3, -0.25) is 0 Å². The van der Waals surface area contributed by atoms with Gasteiger partial charge in [0.15, 0.2) is 0 Å². The first-order valence-corrected chi connectivity index (χ1v) is 8.21. The third-order valence-electron chi connectivity index (χ3n) is 4.28. The number of fused-ring (bicyclic) bond motifs is 1. The van der Waals surface area contributed by atoms with Crippen LogP contribution in [0.5, 0.6) is 0 Å². The van der Waals surface area contributed by atoms with Gasteiger partial charge in [0, 0.05) is 29.9 Å². The van der Waals surface area contributed by atoms with Crippen LogP contribution in [0.15, 0.2) is 48.8 Å². The first kappa shape index (κ1) is 17.5. The number of benzene rings is 2. The molecule has 0 radical (unpaired) electrons. The molecular weight excluding hydrogens is 336 g/mol. The summed E-state index contributed by atoms with van der Waals surface area (Å²) < 4.78 is 5.44. The Balaban J connectivity index is 0.00000182. The maximum atomic E-state index is 5.44. The van der Waals surface area contributed by atoms with Gasteiger partial charge in [-0.05, 0) is 42.8 Å². The quantitative estimate of drug-likeness (QED) is 0.770. The standard InChI is InChI=1S/C19H20N4O.ClH/c1-14-3-2-4-15(11-14)22-19-17-12-16(23-7-9-24-10-8-23)5-6-18(17)20-13-21-19;/h2-6,11-13H,7-10H2,1H3,(H,20,21,22);1H. The van der Waals surface area contributed by atoms with Crippen LogP contribution < -0.4 is 10.2 Å². The van der Waals surface area contributed by atoms with Crippen LogP contribution in [0.3, 0.4) is 0 Å². The second-order valence-electron chi connectivity index (χ2n) is 6.02. The normalized spacial score (nSPS) is 14.2. The molecule has 5 nitrogen and oxygen atoms in total. The summed E-state index contributed by atoms with van der Waals surface area (Å²) in [5.74, 6) is 0.834. The van der Waals surface area contributed by atoms with Crippen molar-refractivity contribution < 1.29 is 4.74 Å². The summed E-state index contributed by atoms with van der Waals surface area (Å²) in [6, 6.07) is 14.6. The minimum atomic E-state index is 0. The number of morpholine rings is 1. The molecule has 4 rings (SSSR count). The lowest BCUT2D eigenvalue weighted by atomic mass is 10.1. The summed E-state index contributed by atoms with van der Waals surface area (Å²) in [5, 5.41) is 4.45. The van der Waals surface area contributed by atoms with E-state index >= 15 is 0 Å². The van der Waals surface area contributed by atoms with Gasteiger partial charge < -0.3 is 15.0 Å². The molecule has 6 heteroatoms. The van der Waals surface area contributed by atoms with Crippen LogP contribution in [0.1, 0.15) is 5.56 Å². The fourth-order valence-corrected chi connectivity index (χ4v) is 3.02. The second-order valence-corrected chi connectivity index (χ2v) is 6.02. The maximum Gasteiger partial charge on any atom is 0.141 e. The molecule has 25 heavy (non-hydrogen) atoms. The third kappa shape index (κ3) is 3.83. The summed E-state index contributed by atoms with van der Waals surface area (Å²) in [4.78, 5) is 11.2. The van der Waals surface area contributed by atoms with Gasteiger partial charge in [-0.15, -0.1) is 12.4 Å². The molecule has 2 heterocycles. The minimum absolute atomic E-state index is 0. The van der Waals surface area contributed by atoms with E-state index in [2.05, 4.69) is 57.4 Å². The topological polar surface area (TPSA) is 50.3 Å². The summed E-state index contributed by atoms with van der Waals surface area (Å²) in [6.45, 7) is 5.47.